The van der Waals surface area contributed by atoms with E-state index in [0.717, 1.165) is 0 Å². The van der Waals surface area contributed by atoms with E-state index in [1.54, 1.807) is 49.4 Å². The molecule has 0 aromatic heterocycles. The summed E-state index contributed by atoms with van der Waals surface area (Å²) in [6.45, 7) is 1.60. The molecule has 1 heterocycles. The Labute approximate surface area is 138 Å². The molecule has 1 aliphatic heterocycles. The minimum atomic E-state index is -1.22. The van der Waals surface area contributed by atoms with Gasteiger partial charge in [-0.15, -0.1) is 0 Å². The van der Waals surface area contributed by atoms with Crippen LogP contribution >= 0.6 is 0 Å². The Hall–Kier alpha value is -3.20. The molecule has 1 amide bonds. The van der Waals surface area contributed by atoms with Gasteiger partial charge < -0.3 is 10.2 Å². The lowest BCUT2D eigenvalue weighted by molar-refractivity contribution is -0.135. The number of benzene rings is 2. The third-order valence-corrected chi connectivity index (χ3v) is 3.80. The van der Waals surface area contributed by atoms with Gasteiger partial charge in [0.1, 0.15) is 5.82 Å². The minimum absolute atomic E-state index is 0.163. The summed E-state index contributed by atoms with van der Waals surface area (Å²) < 4.78 is 13.8. The maximum absolute atomic E-state index is 13.8. The number of nitrogens with zero attached hydrogens (tertiary/aromatic N) is 2. The van der Waals surface area contributed by atoms with Crippen LogP contribution in [0, 0.1) is 17.1 Å². The van der Waals surface area contributed by atoms with Gasteiger partial charge in [-0.05, 0) is 37.3 Å². The number of amides is 1. The fraction of sp³-hybridized carbons (Fsp3) is 0.167. The molecular formula is C18H14FN3O2. The Morgan fingerprint density at radius 2 is 2.00 bits per heavy atom. The summed E-state index contributed by atoms with van der Waals surface area (Å²) >= 11 is 0. The normalized spacial score (nSPS) is 19.1. The topological polar surface area (TPSA) is 74.5 Å². The van der Waals surface area contributed by atoms with Gasteiger partial charge in [-0.25, -0.2) is 4.39 Å². The second-order valence-corrected chi connectivity index (χ2v) is 5.66. The highest BCUT2D eigenvalue weighted by molar-refractivity contribution is 6.08. The molecule has 1 aliphatic rings. The molecule has 0 saturated carbocycles. The van der Waals surface area contributed by atoms with Crippen molar-refractivity contribution in [3.63, 3.8) is 0 Å². The third-order valence-electron chi connectivity index (χ3n) is 3.80. The Balaban J connectivity index is 1.72. The van der Waals surface area contributed by atoms with Crippen LogP contribution in [0.2, 0.25) is 0 Å². The first-order valence-electron chi connectivity index (χ1n) is 7.33. The van der Waals surface area contributed by atoms with Gasteiger partial charge in [-0.2, -0.15) is 5.26 Å². The van der Waals surface area contributed by atoms with Crippen molar-refractivity contribution in [2.75, 3.05) is 5.32 Å². The fourth-order valence-electron chi connectivity index (χ4n) is 2.39. The van der Waals surface area contributed by atoms with E-state index in [1.807, 2.05) is 6.07 Å². The Morgan fingerprint density at radius 3 is 2.67 bits per heavy atom. The van der Waals surface area contributed by atoms with E-state index >= 15 is 0 Å². The number of carbonyl (C=O) groups excluding carboxylic acids is 1. The van der Waals surface area contributed by atoms with Crippen LogP contribution in [0.5, 0.6) is 0 Å². The molecule has 1 atom stereocenters. The molecule has 6 heteroatoms. The summed E-state index contributed by atoms with van der Waals surface area (Å²) in [5.41, 5.74) is 0.550. The lowest BCUT2D eigenvalue weighted by Gasteiger charge is -2.20. The number of halogens is 1. The largest absolute Gasteiger partial charge is 0.379 e. The average molecular weight is 323 g/mol. The molecule has 1 N–H and O–H groups in total. The molecule has 0 bridgehead atoms. The molecule has 0 saturated heterocycles. The van der Waals surface area contributed by atoms with E-state index in [0.29, 0.717) is 22.5 Å². The van der Waals surface area contributed by atoms with Crippen molar-refractivity contribution in [3.8, 4) is 6.07 Å². The van der Waals surface area contributed by atoms with Crippen molar-refractivity contribution in [1.82, 2.24) is 0 Å². The number of hydrogen-bond acceptors (Lipinski definition) is 4. The van der Waals surface area contributed by atoms with Crippen molar-refractivity contribution in [2.24, 2.45) is 5.16 Å². The van der Waals surface area contributed by atoms with Crippen molar-refractivity contribution in [2.45, 2.75) is 18.9 Å². The summed E-state index contributed by atoms with van der Waals surface area (Å²) in [6.07, 6.45) is 0.163. The summed E-state index contributed by atoms with van der Waals surface area (Å²) in [5, 5.41) is 15.4. The van der Waals surface area contributed by atoms with Gasteiger partial charge in [0.2, 0.25) is 5.60 Å². The van der Waals surface area contributed by atoms with Crippen LogP contribution in [-0.4, -0.2) is 17.2 Å². The molecule has 0 radical (unpaired) electrons. The van der Waals surface area contributed by atoms with E-state index in [-0.39, 0.29) is 12.3 Å². The molecule has 120 valence electrons. The van der Waals surface area contributed by atoms with Crippen molar-refractivity contribution < 1.29 is 14.0 Å². The number of nitrogens with one attached hydrogen (secondary N) is 1. The fourth-order valence-corrected chi connectivity index (χ4v) is 2.39. The van der Waals surface area contributed by atoms with Gasteiger partial charge in [-0.1, -0.05) is 23.4 Å². The van der Waals surface area contributed by atoms with Crippen LogP contribution in [0.1, 0.15) is 24.5 Å². The zero-order valence-electron chi connectivity index (χ0n) is 12.9. The van der Waals surface area contributed by atoms with E-state index in [4.69, 9.17) is 10.1 Å². The highest BCUT2D eigenvalue weighted by Gasteiger charge is 2.42. The molecule has 2 aromatic carbocycles. The molecule has 0 spiro atoms. The monoisotopic (exact) mass is 323 g/mol. The van der Waals surface area contributed by atoms with Gasteiger partial charge in [-0.3, -0.25) is 4.79 Å². The number of rotatable bonds is 3. The molecule has 5 nitrogen and oxygen atoms in total. The standard InChI is InChI=1S/C18H14FN3O2/c1-18(17(23)21-13-8-6-12(11-20)7-9-13)10-16(22-24-18)14-4-2-3-5-15(14)19/h2-9H,10H2,1H3,(H,21,23). The summed E-state index contributed by atoms with van der Waals surface area (Å²) in [4.78, 5) is 17.8. The number of nitriles is 1. The predicted molar refractivity (Wildman–Crippen MR) is 86.8 cm³/mol. The van der Waals surface area contributed by atoms with E-state index in [9.17, 15) is 9.18 Å². The molecule has 2 aromatic rings. The van der Waals surface area contributed by atoms with Gasteiger partial charge in [0.25, 0.3) is 5.91 Å². The van der Waals surface area contributed by atoms with Crippen LogP contribution in [0.4, 0.5) is 10.1 Å². The zero-order valence-corrected chi connectivity index (χ0v) is 12.9. The number of anilines is 1. The summed E-state index contributed by atoms with van der Waals surface area (Å²) in [5.74, 6) is -0.793. The second kappa shape index (κ2) is 6.13. The third kappa shape index (κ3) is 2.97. The Kier molecular flexibility index (Phi) is 4.00. The predicted octanol–water partition coefficient (Wildman–Crippen LogP) is 3.22. The first-order valence-corrected chi connectivity index (χ1v) is 7.33. The van der Waals surface area contributed by atoms with Crippen molar-refractivity contribution in [1.29, 1.82) is 5.26 Å². The van der Waals surface area contributed by atoms with Crippen LogP contribution < -0.4 is 5.32 Å². The quantitative estimate of drug-likeness (QED) is 0.942. The van der Waals surface area contributed by atoms with Crippen LogP contribution in [0.25, 0.3) is 0 Å². The number of hydrogen-bond donors (Lipinski definition) is 1. The molecule has 0 aliphatic carbocycles. The number of oxime groups is 1. The van der Waals surface area contributed by atoms with E-state index < -0.39 is 11.4 Å². The van der Waals surface area contributed by atoms with Crippen LogP contribution in [-0.2, 0) is 9.63 Å². The van der Waals surface area contributed by atoms with Crippen LogP contribution in [0.15, 0.2) is 53.7 Å². The molecule has 0 fully saturated rings. The van der Waals surface area contributed by atoms with Gasteiger partial charge in [0.05, 0.1) is 17.3 Å². The molecule has 3 rings (SSSR count). The highest BCUT2D eigenvalue weighted by Crippen LogP contribution is 2.29. The summed E-state index contributed by atoms with van der Waals surface area (Å²) in [7, 11) is 0. The molecule has 24 heavy (non-hydrogen) atoms. The van der Waals surface area contributed by atoms with Gasteiger partial charge in [0, 0.05) is 17.7 Å². The van der Waals surface area contributed by atoms with Crippen molar-refractivity contribution >= 4 is 17.3 Å². The minimum Gasteiger partial charge on any atom is -0.379 e. The molecule has 1 unspecified atom stereocenters. The van der Waals surface area contributed by atoms with Crippen molar-refractivity contribution in [3.05, 3.63) is 65.5 Å². The smallest absolute Gasteiger partial charge is 0.271 e. The SMILES string of the molecule is CC1(C(=O)Nc2ccc(C#N)cc2)CC(c2ccccc2F)=NO1. The lowest BCUT2D eigenvalue weighted by atomic mass is 9.95. The maximum atomic E-state index is 13.8. The average Bonchev–Trinajstić information content (AvgIpc) is 2.99. The number of carbonyl (C=O) groups is 1. The van der Waals surface area contributed by atoms with Gasteiger partial charge >= 0.3 is 0 Å². The lowest BCUT2D eigenvalue weighted by Crippen LogP contribution is -2.40. The van der Waals surface area contributed by atoms with Crippen LogP contribution in [0.3, 0.4) is 0 Å². The Bertz CT molecular complexity index is 855. The van der Waals surface area contributed by atoms with E-state index in [1.165, 1.54) is 6.07 Å². The first-order chi connectivity index (χ1) is 11.5. The second-order valence-electron chi connectivity index (χ2n) is 5.66. The maximum Gasteiger partial charge on any atom is 0.271 e. The summed E-state index contributed by atoms with van der Waals surface area (Å²) in [6, 6.07) is 14.7. The first kappa shape index (κ1) is 15.7. The zero-order chi connectivity index (χ0) is 17.2. The molecular weight excluding hydrogens is 309 g/mol. The Morgan fingerprint density at radius 1 is 1.29 bits per heavy atom. The highest BCUT2D eigenvalue weighted by atomic mass is 19.1. The van der Waals surface area contributed by atoms with Gasteiger partial charge in [0.15, 0.2) is 0 Å². The van der Waals surface area contributed by atoms with E-state index in [2.05, 4.69) is 10.5 Å².